The summed E-state index contributed by atoms with van der Waals surface area (Å²) in [6.45, 7) is 5.72. The maximum atomic E-state index is 11.5. The maximum absolute atomic E-state index is 11.5. The van der Waals surface area contributed by atoms with E-state index in [1.54, 1.807) is 11.8 Å². The van der Waals surface area contributed by atoms with Crippen LogP contribution >= 0.6 is 11.8 Å². The summed E-state index contributed by atoms with van der Waals surface area (Å²) >= 11 is 1.73. The Hall–Kier alpha value is -0.260. The van der Waals surface area contributed by atoms with Crippen LogP contribution in [0.25, 0.3) is 0 Å². The normalized spacial score (nSPS) is 20.3. The summed E-state index contributed by atoms with van der Waals surface area (Å²) < 4.78 is 5.29. The van der Waals surface area contributed by atoms with Crippen LogP contribution in [0.15, 0.2) is 0 Å². The first-order valence-corrected chi connectivity index (χ1v) is 6.33. The highest BCUT2D eigenvalue weighted by Gasteiger charge is 2.26. The Morgan fingerprint density at radius 2 is 2.07 bits per heavy atom. The minimum atomic E-state index is -0.0681. The summed E-state index contributed by atoms with van der Waals surface area (Å²) in [6.07, 6.45) is 2.07. The van der Waals surface area contributed by atoms with Gasteiger partial charge in [0.1, 0.15) is 0 Å². The summed E-state index contributed by atoms with van der Waals surface area (Å²) in [5.74, 6) is 5.42. The zero-order valence-corrected chi connectivity index (χ0v) is 10.2. The SMILES string of the molecule is CC(C)C(SC1CCOCC1)C(=O)NN. The molecule has 0 aromatic carbocycles. The Kier molecular flexibility index (Phi) is 5.42. The van der Waals surface area contributed by atoms with Gasteiger partial charge in [0.2, 0.25) is 5.91 Å². The van der Waals surface area contributed by atoms with Crippen LogP contribution in [0.2, 0.25) is 0 Å². The summed E-state index contributed by atoms with van der Waals surface area (Å²) in [7, 11) is 0. The molecule has 0 spiro atoms. The van der Waals surface area contributed by atoms with E-state index < -0.39 is 0 Å². The van der Waals surface area contributed by atoms with Gasteiger partial charge in [0.25, 0.3) is 0 Å². The van der Waals surface area contributed by atoms with E-state index in [1.807, 2.05) is 13.8 Å². The van der Waals surface area contributed by atoms with Crippen molar-refractivity contribution in [2.45, 2.75) is 37.2 Å². The van der Waals surface area contributed by atoms with Gasteiger partial charge in [0, 0.05) is 18.5 Å². The molecule has 1 atom stereocenters. The van der Waals surface area contributed by atoms with E-state index in [1.165, 1.54) is 0 Å². The zero-order chi connectivity index (χ0) is 11.3. The van der Waals surface area contributed by atoms with Gasteiger partial charge in [-0.25, -0.2) is 5.84 Å². The minimum Gasteiger partial charge on any atom is -0.381 e. The van der Waals surface area contributed by atoms with E-state index >= 15 is 0 Å². The first-order chi connectivity index (χ1) is 7.15. The Bertz CT molecular complexity index is 206. The van der Waals surface area contributed by atoms with Gasteiger partial charge in [0.15, 0.2) is 0 Å². The molecular weight excluding hydrogens is 212 g/mol. The topological polar surface area (TPSA) is 64.3 Å². The van der Waals surface area contributed by atoms with Crippen LogP contribution in [-0.2, 0) is 9.53 Å². The monoisotopic (exact) mass is 232 g/mol. The third kappa shape index (κ3) is 4.01. The molecule has 1 aliphatic rings. The second kappa shape index (κ2) is 6.35. The molecule has 5 heteroatoms. The molecule has 0 aliphatic carbocycles. The van der Waals surface area contributed by atoms with Crippen LogP contribution in [0.1, 0.15) is 26.7 Å². The Morgan fingerprint density at radius 1 is 1.47 bits per heavy atom. The highest BCUT2D eigenvalue weighted by atomic mass is 32.2. The van der Waals surface area contributed by atoms with Gasteiger partial charge in [-0.05, 0) is 18.8 Å². The van der Waals surface area contributed by atoms with Gasteiger partial charge in [0.05, 0.1) is 5.25 Å². The molecule has 1 saturated heterocycles. The number of carbonyl (C=O) groups is 1. The second-order valence-electron chi connectivity index (χ2n) is 4.12. The Balaban J connectivity index is 2.46. The van der Waals surface area contributed by atoms with Crippen molar-refractivity contribution < 1.29 is 9.53 Å². The number of hydrogen-bond acceptors (Lipinski definition) is 4. The van der Waals surface area contributed by atoms with Crippen molar-refractivity contribution in [2.75, 3.05) is 13.2 Å². The number of hydrazine groups is 1. The summed E-state index contributed by atoms with van der Waals surface area (Å²) in [5.41, 5.74) is 2.24. The van der Waals surface area contributed by atoms with Crippen molar-refractivity contribution >= 4 is 17.7 Å². The Morgan fingerprint density at radius 3 is 2.53 bits per heavy atom. The number of rotatable bonds is 4. The van der Waals surface area contributed by atoms with Crippen molar-refractivity contribution in [1.82, 2.24) is 5.43 Å². The molecule has 0 saturated carbocycles. The zero-order valence-electron chi connectivity index (χ0n) is 9.36. The number of hydrogen-bond donors (Lipinski definition) is 2. The molecule has 1 aliphatic heterocycles. The van der Waals surface area contributed by atoms with E-state index in [0.717, 1.165) is 26.1 Å². The number of thioether (sulfide) groups is 1. The third-order valence-electron chi connectivity index (χ3n) is 2.51. The molecule has 3 N–H and O–H groups in total. The van der Waals surface area contributed by atoms with Crippen molar-refractivity contribution in [2.24, 2.45) is 11.8 Å². The molecule has 88 valence electrons. The number of nitrogens with one attached hydrogen (secondary N) is 1. The van der Waals surface area contributed by atoms with E-state index in [0.29, 0.717) is 11.2 Å². The molecule has 4 nitrogen and oxygen atoms in total. The van der Waals surface area contributed by atoms with Crippen molar-refractivity contribution in [3.63, 3.8) is 0 Å². The molecule has 1 rings (SSSR count). The van der Waals surface area contributed by atoms with Gasteiger partial charge in [-0.2, -0.15) is 0 Å². The third-order valence-corrected chi connectivity index (χ3v) is 4.42. The largest absolute Gasteiger partial charge is 0.381 e. The lowest BCUT2D eigenvalue weighted by atomic mass is 10.1. The fraction of sp³-hybridized carbons (Fsp3) is 0.900. The van der Waals surface area contributed by atoms with Crippen molar-refractivity contribution in [3.8, 4) is 0 Å². The van der Waals surface area contributed by atoms with Gasteiger partial charge >= 0.3 is 0 Å². The lowest BCUT2D eigenvalue weighted by Crippen LogP contribution is -2.41. The minimum absolute atomic E-state index is 0.0434. The number of nitrogens with two attached hydrogens (primary N) is 1. The number of carbonyl (C=O) groups excluding carboxylic acids is 1. The maximum Gasteiger partial charge on any atom is 0.247 e. The van der Waals surface area contributed by atoms with Crippen LogP contribution in [0.4, 0.5) is 0 Å². The summed E-state index contributed by atoms with van der Waals surface area (Å²) in [4.78, 5) is 11.5. The van der Waals surface area contributed by atoms with Crippen molar-refractivity contribution in [1.29, 1.82) is 0 Å². The molecule has 0 aromatic rings. The second-order valence-corrected chi connectivity index (χ2v) is 5.57. The van der Waals surface area contributed by atoms with E-state index in [-0.39, 0.29) is 11.2 Å². The average molecular weight is 232 g/mol. The number of amides is 1. The fourth-order valence-corrected chi connectivity index (χ4v) is 3.01. The highest BCUT2D eigenvalue weighted by molar-refractivity contribution is 8.01. The fourth-order valence-electron chi connectivity index (χ4n) is 1.62. The molecule has 1 unspecified atom stereocenters. The highest BCUT2D eigenvalue weighted by Crippen LogP contribution is 2.30. The molecule has 1 heterocycles. The van der Waals surface area contributed by atoms with Gasteiger partial charge in [-0.1, -0.05) is 13.8 Å². The molecule has 0 radical (unpaired) electrons. The molecule has 0 bridgehead atoms. The molecular formula is C10H20N2O2S. The molecule has 1 fully saturated rings. The lowest BCUT2D eigenvalue weighted by Gasteiger charge is -2.27. The van der Waals surface area contributed by atoms with Crippen LogP contribution < -0.4 is 11.3 Å². The van der Waals surface area contributed by atoms with Gasteiger partial charge < -0.3 is 4.74 Å². The van der Waals surface area contributed by atoms with Crippen molar-refractivity contribution in [3.05, 3.63) is 0 Å². The number of ether oxygens (including phenoxy) is 1. The van der Waals surface area contributed by atoms with Crippen LogP contribution in [0.5, 0.6) is 0 Å². The van der Waals surface area contributed by atoms with E-state index in [9.17, 15) is 4.79 Å². The smallest absolute Gasteiger partial charge is 0.247 e. The summed E-state index contributed by atoms with van der Waals surface area (Å²) in [5, 5.41) is 0.488. The van der Waals surface area contributed by atoms with Crippen LogP contribution in [0.3, 0.4) is 0 Å². The molecule has 15 heavy (non-hydrogen) atoms. The summed E-state index contributed by atoms with van der Waals surface area (Å²) in [6, 6.07) is 0. The van der Waals surface area contributed by atoms with E-state index in [4.69, 9.17) is 10.6 Å². The quantitative estimate of drug-likeness (QED) is 0.430. The van der Waals surface area contributed by atoms with E-state index in [2.05, 4.69) is 5.43 Å². The van der Waals surface area contributed by atoms with Crippen LogP contribution in [0, 0.1) is 5.92 Å². The average Bonchev–Trinajstić information content (AvgIpc) is 2.26. The molecule has 1 amide bonds. The lowest BCUT2D eigenvalue weighted by molar-refractivity contribution is -0.121. The standard InChI is InChI=1S/C10H20N2O2S/c1-7(2)9(10(13)12-11)15-8-3-5-14-6-4-8/h7-9H,3-6,11H2,1-2H3,(H,12,13). The first kappa shape index (κ1) is 12.8. The van der Waals surface area contributed by atoms with Gasteiger partial charge in [-0.15, -0.1) is 11.8 Å². The van der Waals surface area contributed by atoms with Crippen LogP contribution in [-0.4, -0.2) is 29.6 Å². The van der Waals surface area contributed by atoms with Gasteiger partial charge in [-0.3, -0.25) is 10.2 Å². The predicted octanol–water partition coefficient (Wildman–Crippen LogP) is 0.913. The predicted molar refractivity (Wildman–Crippen MR) is 62.4 cm³/mol. The first-order valence-electron chi connectivity index (χ1n) is 5.38. The Labute approximate surface area is 95.3 Å². The molecule has 0 aromatic heterocycles.